The summed E-state index contributed by atoms with van der Waals surface area (Å²) in [6.07, 6.45) is 0. The molecule has 0 heterocycles. The Morgan fingerprint density at radius 3 is 1.39 bits per heavy atom. The van der Waals surface area contributed by atoms with Crippen LogP contribution in [-0.2, 0) is 20.2 Å². The molecule has 2 aromatic rings. The quantitative estimate of drug-likeness (QED) is 0.238. The SMILES string of the molecule is O=S(=O)(O)CNc1ccccc1C(CO)SC(CO)c1ccccc1NCS(=O)(=O)O. The number of aliphatic hydroxyl groups excluding tert-OH is 2. The van der Waals surface area contributed by atoms with Crippen molar-refractivity contribution in [2.24, 2.45) is 0 Å². The smallest absolute Gasteiger partial charge is 0.283 e. The van der Waals surface area contributed by atoms with Crippen LogP contribution in [0.3, 0.4) is 0 Å². The summed E-state index contributed by atoms with van der Waals surface area (Å²) in [5.41, 5.74) is 1.89. The minimum absolute atomic E-state index is 0.341. The molecule has 0 saturated heterocycles. The van der Waals surface area contributed by atoms with E-state index in [1.807, 2.05) is 0 Å². The van der Waals surface area contributed by atoms with E-state index < -0.39 is 42.5 Å². The van der Waals surface area contributed by atoms with E-state index in [1.54, 1.807) is 48.5 Å². The molecule has 31 heavy (non-hydrogen) atoms. The van der Waals surface area contributed by atoms with Gasteiger partial charge in [0.15, 0.2) is 0 Å². The Balaban J connectivity index is 2.29. The summed E-state index contributed by atoms with van der Waals surface area (Å²) < 4.78 is 62.3. The zero-order valence-electron chi connectivity index (χ0n) is 16.2. The highest BCUT2D eigenvalue weighted by molar-refractivity contribution is 7.99. The van der Waals surface area contributed by atoms with Gasteiger partial charge < -0.3 is 20.8 Å². The molecule has 6 N–H and O–H groups in total. The molecule has 0 radical (unpaired) electrons. The molecular formula is C18H24N2O8S3. The van der Waals surface area contributed by atoms with E-state index in [4.69, 9.17) is 9.11 Å². The number of para-hydroxylation sites is 2. The molecule has 13 heteroatoms. The number of nitrogens with one attached hydrogen (secondary N) is 2. The van der Waals surface area contributed by atoms with E-state index in [0.29, 0.717) is 22.5 Å². The molecule has 2 rings (SSSR count). The van der Waals surface area contributed by atoms with Crippen LogP contribution in [0.2, 0.25) is 0 Å². The average Bonchev–Trinajstić information content (AvgIpc) is 2.71. The van der Waals surface area contributed by atoms with Gasteiger partial charge in [0.1, 0.15) is 11.8 Å². The summed E-state index contributed by atoms with van der Waals surface area (Å²) >= 11 is 1.19. The molecule has 2 atom stereocenters. The first kappa shape index (κ1) is 25.4. The summed E-state index contributed by atoms with van der Waals surface area (Å²) in [5.74, 6) is -1.42. The topological polar surface area (TPSA) is 173 Å². The lowest BCUT2D eigenvalue weighted by molar-refractivity contribution is 0.288. The highest BCUT2D eigenvalue weighted by atomic mass is 32.2. The molecule has 0 aromatic heterocycles. The number of anilines is 2. The molecule has 0 spiro atoms. The van der Waals surface area contributed by atoms with Gasteiger partial charge in [0.05, 0.1) is 23.7 Å². The average molecular weight is 493 g/mol. The predicted molar refractivity (Wildman–Crippen MR) is 120 cm³/mol. The lowest BCUT2D eigenvalue weighted by Gasteiger charge is -2.25. The summed E-state index contributed by atoms with van der Waals surface area (Å²) in [4.78, 5) is 0. The minimum Gasteiger partial charge on any atom is -0.395 e. The van der Waals surface area contributed by atoms with Crippen molar-refractivity contribution in [3.63, 3.8) is 0 Å². The molecule has 0 fully saturated rings. The Bertz CT molecular complexity index is 991. The van der Waals surface area contributed by atoms with Gasteiger partial charge in [-0.25, -0.2) is 0 Å². The van der Waals surface area contributed by atoms with Gasteiger partial charge in [-0.3, -0.25) is 9.11 Å². The third kappa shape index (κ3) is 8.29. The van der Waals surface area contributed by atoms with Crippen molar-refractivity contribution in [2.45, 2.75) is 10.5 Å². The van der Waals surface area contributed by atoms with Gasteiger partial charge in [-0.1, -0.05) is 36.4 Å². The van der Waals surface area contributed by atoms with Crippen molar-refractivity contribution < 1.29 is 36.2 Å². The number of rotatable bonds is 12. The van der Waals surface area contributed by atoms with Gasteiger partial charge in [-0.05, 0) is 23.3 Å². The van der Waals surface area contributed by atoms with Gasteiger partial charge >= 0.3 is 0 Å². The monoisotopic (exact) mass is 492 g/mol. The Hall–Kier alpha value is -1.87. The minimum atomic E-state index is -4.26. The van der Waals surface area contributed by atoms with Gasteiger partial charge in [-0.2, -0.15) is 16.8 Å². The Kier molecular flexibility index (Phi) is 9.12. The van der Waals surface area contributed by atoms with Crippen molar-refractivity contribution in [1.29, 1.82) is 0 Å². The summed E-state index contributed by atoms with van der Waals surface area (Å²) in [6.45, 7) is -0.682. The van der Waals surface area contributed by atoms with E-state index in [9.17, 15) is 27.0 Å². The fourth-order valence-electron chi connectivity index (χ4n) is 2.84. The van der Waals surface area contributed by atoms with Crippen LogP contribution >= 0.6 is 11.8 Å². The summed E-state index contributed by atoms with van der Waals surface area (Å²) in [7, 11) is -8.53. The number of thioether (sulfide) groups is 1. The molecule has 0 aliphatic carbocycles. The zero-order valence-corrected chi connectivity index (χ0v) is 18.7. The molecule has 172 valence electrons. The second-order valence-electron chi connectivity index (χ2n) is 6.46. The molecule has 0 aliphatic heterocycles. The van der Waals surface area contributed by atoms with Crippen LogP contribution in [0.5, 0.6) is 0 Å². The van der Waals surface area contributed by atoms with E-state index in [1.165, 1.54) is 11.8 Å². The highest BCUT2D eigenvalue weighted by Gasteiger charge is 2.24. The van der Waals surface area contributed by atoms with Crippen LogP contribution in [0.1, 0.15) is 21.6 Å². The first-order valence-corrected chi connectivity index (χ1v) is 13.1. The van der Waals surface area contributed by atoms with E-state index in [2.05, 4.69) is 10.6 Å². The molecule has 0 aliphatic rings. The van der Waals surface area contributed by atoms with Crippen LogP contribution in [0, 0.1) is 0 Å². The normalized spacial score (nSPS) is 14.1. The van der Waals surface area contributed by atoms with E-state index in [0.717, 1.165) is 0 Å². The largest absolute Gasteiger partial charge is 0.395 e. The molecule has 10 nitrogen and oxygen atoms in total. The molecular weight excluding hydrogens is 468 g/mol. The fraction of sp³-hybridized carbons (Fsp3) is 0.333. The van der Waals surface area contributed by atoms with E-state index in [-0.39, 0.29) is 13.2 Å². The number of hydrogen-bond acceptors (Lipinski definition) is 9. The van der Waals surface area contributed by atoms with Crippen LogP contribution in [0.15, 0.2) is 48.5 Å². The van der Waals surface area contributed by atoms with Crippen LogP contribution in [0.25, 0.3) is 0 Å². The first-order chi connectivity index (χ1) is 14.5. The van der Waals surface area contributed by atoms with Crippen molar-refractivity contribution in [2.75, 3.05) is 35.6 Å². The number of hydrogen-bond donors (Lipinski definition) is 6. The molecule has 0 amide bonds. The van der Waals surface area contributed by atoms with Crippen molar-refractivity contribution in [3.05, 3.63) is 59.7 Å². The Labute approximate surface area is 185 Å². The fourth-order valence-corrected chi connectivity index (χ4v) is 4.79. The second kappa shape index (κ2) is 11.1. The van der Waals surface area contributed by atoms with Crippen molar-refractivity contribution in [1.82, 2.24) is 0 Å². The van der Waals surface area contributed by atoms with Crippen molar-refractivity contribution >= 4 is 43.4 Å². The Morgan fingerprint density at radius 2 is 1.06 bits per heavy atom. The molecule has 0 bridgehead atoms. The highest BCUT2D eigenvalue weighted by Crippen LogP contribution is 2.44. The van der Waals surface area contributed by atoms with Gasteiger partial charge in [0, 0.05) is 11.4 Å². The molecule has 2 unspecified atom stereocenters. The second-order valence-corrected chi connectivity index (χ2v) is 10.8. The molecule has 2 aromatic carbocycles. The summed E-state index contributed by atoms with van der Waals surface area (Å²) in [5, 5.41) is 24.0. The van der Waals surface area contributed by atoms with Gasteiger partial charge in [-0.15, -0.1) is 11.8 Å². The van der Waals surface area contributed by atoms with Gasteiger partial charge in [0.25, 0.3) is 20.2 Å². The maximum atomic E-state index is 11.1. The third-order valence-corrected chi connectivity index (χ3v) is 6.65. The number of aliphatic hydroxyl groups is 2. The maximum Gasteiger partial charge on any atom is 0.283 e. The maximum absolute atomic E-state index is 11.1. The predicted octanol–water partition coefficient (Wildman–Crippen LogP) is 1.70. The van der Waals surface area contributed by atoms with Gasteiger partial charge in [0.2, 0.25) is 0 Å². The van der Waals surface area contributed by atoms with Crippen molar-refractivity contribution in [3.8, 4) is 0 Å². The third-order valence-electron chi connectivity index (χ3n) is 4.17. The number of benzene rings is 2. The first-order valence-electron chi connectivity index (χ1n) is 8.97. The van der Waals surface area contributed by atoms with Crippen LogP contribution in [0.4, 0.5) is 11.4 Å². The summed E-state index contributed by atoms with van der Waals surface area (Å²) in [6, 6.07) is 13.3. The van der Waals surface area contributed by atoms with Crippen LogP contribution < -0.4 is 10.6 Å². The lowest BCUT2D eigenvalue weighted by Crippen LogP contribution is -2.17. The lowest BCUT2D eigenvalue weighted by atomic mass is 10.1. The Morgan fingerprint density at radius 1 is 0.710 bits per heavy atom. The standard InChI is InChI=1S/C18H24N2O8S3/c21-9-17(13-5-1-3-7-15(13)19-11-30(23,24)25)29-18(10-22)14-6-2-4-8-16(14)20-12-31(26,27)28/h1-8,17-22H,9-12H2,(H,23,24,25)(H,26,27,28). The molecule has 0 saturated carbocycles. The van der Waals surface area contributed by atoms with E-state index >= 15 is 0 Å². The van der Waals surface area contributed by atoms with Crippen LogP contribution in [-0.4, -0.2) is 61.1 Å². The zero-order chi connectivity index (χ0) is 23.1.